The molecule has 0 spiro atoms. The summed E-state index contributed by atoms with van der Waals surface area (Å²) in [6.45, 7) is 1.60. The number of hydrogen-bond donors (Lipinski definition) is 0. The molecule has 1 aromatic carbocycles. The Labute approximate surface area is 162 Å². The van der Waals surface area contributed by atoms with E-state index in [1.165, 1.54) is 0 Å². The van der Waals surface area contributed by atoms with Crippen LogP contribution in [-0.4, -0.2) is 46.1 Å². The van der Waals surface area contributed by atoms with E-state index >= 15 is 0 Å². The van der Waals surface area contributed by atoms with Gasteiger partial charge in [-0.1, -0.05) is 29.8 Å². The van der Waals surface area contributed by atoms with Crippen LogP contribution in [0.2, 0.25) is 4.34 Å². The number of para-hydroxylation sites is 1. The number of amides is 1. The van der Waals surface area contributed by atoms with E-state index in [1.54, 1.807) is 22.4 Å². The Bertz CT molecular complexity index is 861. The van der Waals surface area contributed by atoms with Crippen LogP contribution in [0.25, 0.3) is 5.69 Å². The summed E-state index contributed by atoms with van der Waals surface area (Å²) < 4.78 is 2.59. The van der Waals surface area contributed by atoms with Gasteiger partial charge in [-0.15, -0.1) is 11.3 Å². The van der Waals surface area contributed by atoms with E-state index in [9.17, 15) is 4.79 Å². The minimum atomic E-state index is 0.0719. The second-order valence-electron chi connectivity index (χ2n) is 6.26. The third-order valence-electron chi connectivity index (χ3n) is 3.96. The molecule has 0 saturated carbocycles. The zero-order valence-corrected chi connectivity index (χ0v) is 16.4. The first-order valence-electron chi connectivity index (χ1n) is 8.27. The van der Waals surface area contributed by atoms with Crippen molar-refractivity contribution >= 4 is 28.8 Å². The fourth-order valence-corrected chi connectivity index (χ4v) is 3.80. The van der Waals surface area contributed by atoms with Crippen LogP contribution < -0.4 is 0 Å². The number of nitrogens with zero attached hydrogens (tertiary/aromatic N) is 4. The number of benzene rings is 1. The number of rotatable bonds is 7. The van der Waals surface area contributed by atoms with Crippen molar-refractivity contribution < 1.29 is 4.79 Å². The van der Waals surface area contributed by atoms with Gasteiger partial charge in [0.1, 0.15) is 0 Å². The minimum absolute atomic E-state index is 0.0719. The molecular formula is C19H21ClN4OS. The molecule has 0 fully saturated rings. The van der Waals surface area contributed by atoms with Gasteiger partial charge in [0.2, 0.25) is 5.91 Å². The summed E-state index contributed by atoms with van der Waals surface area (Å²) in [5, 5.41) is 4.38. The summed E-state index contributed by atoms with van der Waals surface area (Å²) in [5.41, 5.74) is 2.00. The first-order valence-corrected chi connectivity index (χ1v) is 9.46. The van der Waals surface area contributed by atoms with Gasteiger partial charge in [0.15, 0.2) is 0 Å². The maximum atomic E-state index is 12.5. The van der Waals surface area contributed by atoms with Crippen molar-refractivity contribution in [2.45, 2.75) is 13.1 Å². The molecule has 26 heavy (non-hydrogen) atoms. The molecule has 5 nitrogen and oxygen atoms in total. The molecule has 0 N–H and O–H groups in total. The summed E-state index contributed by atoms with van der Waals surface area (Å²) in [6, 6.07) is 13.8. The number of aromatic nitrogens is 2. The first-order chi connectivity index (χ1) is 12.5. The summed E-state index contributed by atoms with van der Waals surface area (Å²) in [7, 11) is 3.75. The van der Waals surface area contributed by atoms with Gasteiger partial charge < -0.3 is 4.90 Å². The Morgan fingerprint density at radius 2 is 1.92 bits per heavy atom. The standard InChI is InChI=1S/C19H21ClN4OS/c1-22(13-17-8-9-18(20)26-17)14-19(25)23(2)11-15-10-21-24(12-15)16-6-4-3-5-7-16/h3-10,12H,11,13-14H2,1-2H3. The van der Waals surface area contributed by atoms with Gasteiger partial charge in [-0.3, -0.25) is 9.69 Å². The van der Waals surface area contributed by atoms with Crippen LogP contribution >= 0.6 is 22.9 Å². The fourth-order valence-electron chi connectivity index (χ4n) is 2.64. The highest BCUT2D eigenvalue weighted by Crippen LogP contribution is 2.22. The molecule has 0 aliphatic rings. The number of likely N-dealkylation sites (N-methyl/N-ethyl adjacent to an activating group) is 2. The number of carbonyl (C=O) groups is 1. The fraction of sp³-hybridized carbons (Fsp3) is 0.263. The number of carbonyl (C=O) groups excluding carboxylic acids is 1. The minimum Gasteiger partial charge on any atom is -0.340 e. The lowest BCUT2D eigenvalue weighted by atomic mass is 10.3. The molecule has 136 valence electrons. The quantitative estimate of drug-likeness (QED) is 0.620. The van der Waals surface area contributed by atoms with Crippen molar-refractivity contribution in [3.05, 3.63) is 69.6 Å². The van der Waals surface area contributed by atoms with E-state index in [2.05, 4.69) is 5.10 Å². The Balaban J connectivity index is 1.53. The van der Waals surface area contributed by atoms with Crippen LogP contribution in [0, 0.1) is 0 Å². The summed E-state index contributed by atoms with van der Waals surface area (Å²) >= 11 is 7.50. The van der Waals surface area contributed by atoms with Crippen LogP contribution in [0.3, 0.4) is 0 Å². The van der Waals surface area contributed by atoms with Crippen LogP contribution in [0.4, 0.5) is 0 Å². The van der Waals surface area contributed by atoms with Crippen molar-refractivity contribution in [3.63, 3.8) is 0 Å². The number of hydrogen-bond acceptors (Lipinski definition) is 4. The highest BCUT2D eigenvalue weighted by atomic mass is 35.5. The second-order valence-corrected chi connectivity index (χ2v) is 8.06. The Kier molecular flexibility index (Phi) is 6.08. The molecule has 3 rings (SSSR count). The van der Waals surface area contributed by atoms with E-state index in [4.69, 9.17) is 11.6 Å². The summed E-state index contributed by atoms with van der Waals surface area (Å²) in [4.78, 5) is 17.3. The predicted octanol–water partition coefficient (Wildman–Crippen LogP) is 3.68. The maximum absolute atomic E-state index is 12.5. The lowest BCUT2D eigenvalue weighted by molar-refractivity contribution is -0.131. The van der Waals surface area contributed by atoms with Gasteiger partial charge in [0.25, 0.3) is 0 Å². The molecule has 7 heteroatoms. The maximum Gasteiger partial charge on any atom is 0.236 e. The molecule has 0 atom stereocenters. The lowest BCUT2D eigenvalue weighted by Gasteiger charge is -2.21. The normalized spacial score (nSPS) is 11.1. The van der Waals surface area contributed by atoms with Gasteiger partial charge in [-0.2, -0.15) is 5.10 Å². The average Bonchev–Trinajstić information content (AvgIpc) is 3.24. The zero-order valence-electron chi connectivity index (χ0n) is 14.8. The van der Waals surface area contributed by atoms with Crippen LogP contribution in [0.1, 0.15) is 10.4 Å². The number of halogens is 1. The average molecular weight is 389 g/mol. The van der Waals surface area contributed by atoms with Gasteiger partial charge in [-0.25, -0.2) is 4.68 Å². The van der Waals surface area contributed by atoms with E-state index in [0.717, 1.165) is 20.5 Å². The SMILES string of the molecule is CN(CC(=O)N(C)Cc1cnn(-c2ccccc2)c1)Cc1ccc(Cl)s1. The van der Waals surface area contributed by atoms with Crippen molar-refractivity contribution in [1.82, 2.24) is 19.6 Å². The largest absolute Gasteiger partial charge is 0.340 e. The number of thiophene rings is 1. The van der Waals surface area contributed by atoms with Crippen LogP contribution in [0.5, 0.6) is 0 Å². The molecule has 0 aliphatic heterocycles. The van der Waals surface area contributed by atoms with Crippen LogP contribution in [-0.2, 0) is 17.9 Å². The lowest BCUT2D eigenvalue weighted by Crippen LogP contribution is -2.35. The van der Waals surface area contributed by atoms with Crippen molar-refractivity contribution in [1.29, 1.82) is 0 Å². The monoisotopic (exact) mass is 388 g/mol. The van der Waals surface area contributed by atoms with E-state index in [1.807, 2.05) is 72.3 Å². The molecule has 0 bridgehead atoms. The smallest absolute Gasteiger partial charge is 0.236 e. The van der Waals surface area contributed by atoms with Crippen molar-refractivity contribution in [2.24, 2.45) is 0 Å². The third kappa shape index (κ3) is 4.94. The molecule has 0 radical (unpaired) electrons. The molecule has 3 aromatic rings. The van der Waals surface area contributed by atoms with Crippen molar-refractivity contribution in [2.75, 3.05) is 20.6 Å². The van der Waals surface area contributed by atoms with Gasteiger partial charge in [0.05, 0.1) is 22.8 Å². The van der Waals surface area contributed by atoms with E-state index in [-0.39, 0.29) is 5.91 Å². The predicted molar refractivity (Wildman–Crippen MR) is 106 cm³/mol. The molecule has 2 heterocycles. The highest BCUT2D eigenvalue weighted by Gasteiger charge is 2.14. The van der Waals surface area contributed by atoms with E-state index < -0.39 is 0 Å². The molecule has 0 aliphatic carbocycles. The second kappa shape index (κ2) is 8.49. The summed E-state index contributed by atoms with van der Waals surface area (Å²) in [6.07, 6.45) is 3.75. The van der Waals surface area contributed by atoms with E-state index in [0.29, 0.717) is 19.6 Å². The molecule has 0 saturated heterocycles. The Hall–Kier alpha value is -2.15. The Morgan fingerprint density at radius 1 is 1.15 bits per heavy atom. The molecular weight excluding hydrogens is 368 g/mol. The van der Waals surface area contributed by atoms with Gasteiger partial charge >= 0.3 is 0 Å². The third-order valence-corrected chi connectivity index (χ3v) is 5.18. The summed E-state index contributed by atoms with van der Waals surface area (Å²) in [5.74, 6) is 0.0719. The Morgan fingerprint density at radius 3 is 2.62 bits per heavy atom. The highest BCUT2D eigenvalue weighted by molar-refractivity contribution is 7.16. The topological polar surface area (TPSA) is 41.4 Å². The molecule has 2 aromatic heterocycles. The molecule has 0 unspecified atom stereocenters. The van der Waals surface area contributed by atoms with Crippen molar-refractivity contribution in [3.8, 4) is 5.69 Å². The zero-order chi connectivity index (χ0) is 18.5. The van der Waals surface area contributed by atoms with Gasteiger partial charge in [-0.05, 0) is 31.3 Å². The molecule has 1 amide bonds. The van der Waals surface area contributed by atoms with Gasteiger partial charge in [0, 0.05) is 36.8 Å². The van der Waals surface area contributed by atoms with Crippen LogP contribution in [0.15, 0.2) is 54.9 Å². The first kappa shape index (κ1) is 18.6.